The number of ether oxygens (including phenoxy) is 1. The van der Waals surface area contributed by atoms with E-state index >= 15 is 0 Å². The maximum atomic E-state index is 11.7. The Kier molecular flexibility index (Phi) is 6.53. The van der Waals surface area contributed by atoms with Crippen LogP contribution < -0.4 is 10.1 Å². The van der Waals surface area contributed by atoms with Crippen LogP contribution in [0.1, 0.15) is 24.5 Å². The molecule has 1 aromatic heterocycles. The molecule has 0 radical (unpaired) electrons. The van der Waals surface area contributed by atoms with Crippen LogP contribution in [0.25, 0.3) is 10.9 Å². The molecule has 142 valence electrons. The van der Waals surface area contributed by atoms with Gasteiger partial charge in [-0.05, 0) is 51.7 Å². The summed E-state index contributed by atoms with van der Waals surface area (Å²) in [5.41, 5.74) is 3.01. The van der Waals surface area contributed by atoms with Gasteiger partial charge >= 0.3 is 5.97 Å². The Bertz CT molecular complexity index is 923. The molecule has 0 saturated heterocycles. The molecule has 1 unspecified atom stereocenters. The lowest BCUT2D eigenvalue weighted by Gasteiger charge is -2.15. The van der Waals surface area contributed by atoms with Crippen LogP contribution in [0.2, 0.25) is 0 Å². The Morgan fingerprint density at radius 2 is 2.11 bits per heavy atom. The van der Waals surface area contributed by atoms with Gasteiger partial charge in [0.2, 0.25) is 0 Å². The van der Waals surface area contributed by atoms with Crippen molar-refractivity contribution in [1.82, 2.24) is 10.3 Å². The van der Waals surface area contributed by atoms with Gasteiger partial charge in [0.25, 0.3) is 0 Å². The van der Waals surface area contributed by atoms with Crippen LogP contribution in [0, 0.1) is 0 Å². The molecule has 5 nitrogen and oxygen atoms in total. The van der Waals surface area contributed by atoms with Crippen molar-refractivity contribution in [1.29, 1.82) is 0 Å². The molecule has 3 N–H and O–H groups in total. The quantitative estimate of drug-likeness (QED) is 0.466. The molecule has 6 heteroatoms. The molecule has 0 aliphatic rings. The molecular formula is C21H23BrN2O3. The number of hydrogen-bond donors (Lipinski definition) is 3. The Balaban J connectivity index is 1.67. The SMILES string of the molecule is CCCOc1ccc(CNC(Cc2c[nH]c3ccccc23)C(=O)O)cc1Br. The molecule has 0 aliphatic heterocycles. The first kappa shape index (κ1) is 19.5. The summed E-state index contributed by atoms with van der Waals surface area (Å²) in [4.78, 5) is 14.9. The third-order valence-corrected chi connectivity index (χ3v) is 5.03. The molecule has 0 saturated carbocycles. The molecule has 0 spiro atoms. The van der Waals surface area contributed by atoms with Crippen LogP contribution in [0.15, 0.2) is 53.1 Å². The van der Waals surface area contributed by atoms with Crippen molar-refractivity contribution in [2.24, 2.45) is 0 Å². The van der Waals surface area contributed by atoms with E-state index in [1.165, 1.54) is 0 Å². The number of para-hydroxylation sites is 1. The fraction of sp³-hybridized carbons (Fsp3) is 0.286. The molecular weight excluding hydrogens is 408 g/mol. The van der Waals surface area contributed by atoms with Crippen LogP contribution >= 0.6 is 15.9 Å². The molecule has 27 heavy (non-hydrogen) atoms. The second kappa shape index (κ2) is 9.06. The second-order valence-corrected chi connectivity index (χ2v) is 7.30. The third kappa shape index (κ3) is 4.90. The number of aromatic amines is 1. The fourth-order valence-electron chi connectivity index (χ4n) is 2.99. The summed E-state index contributed by atoms with van der Waals surface area (Å²) in [7, 11) is 0. The number of H-pyrrole nitrogens is 1. The predicted molar refractivity (Wildman–Crippen MR) is 110 cm³/mol. The van der Waals surface area contributed by atoms with Crippen LogP contribution in [-0.2, 0) is 17.8 Å². The van der Waals surface area contributed by atoms with Gasteiger partial charge in [-0.15, -0.1) is 0 Å². The Hall–Kier alpha value is -2.31. The van der Waals surface area contributed by atoms with Crippen LogP contribution in [-0.4, -0.2) is 28.7 Å². The van der Waals surface area contributed by atoms with Crippen molar-refractivity contribution in [2.75, 3.05) is 6.61 Å². The average Bonchev–Trinajstić information content (AvgIpc) is 3.07. The molecule has 0 fully saturated rings. The zero-order valence-electron chi connectivity index (χ0n) is 15.2. The van der Waals surface area contributed by atoms with Gasteiger partial charge in [0.1, 0.15) is 11.8 Å². The molecule has 3 rings (SSSR count). The highest BCUT2D eigenvalue weighted by atomic mass is 79.9. The molecule has 3 aromatic rings. The lowest BCUT2D eigenvalue weighted by atomic mass is 10.0. The topological polar surface area (TPSA) is 74.3 Å². The smallest absolute Gasteiger partial charge is 0.321 e. The maximum absolute atomic E-state index is 11.7. The second-order valence-electron chi connectivity index (χ2n) is 6.45. The normalized spacial score (nSPS) is 12.2. The minimum Gasteiger partial charge on any atom is -0.492 e. The van der Waals surface area contributed by atoms with E-state index in [4.69, 9.17) is 4.74 Å². The van der Waals surface area contributed by atoms with Crippen molar-refractivity contribution in [2.45, 2.75) is 32.4 Å². The summed E-state index contributed by atoms with van der Waals surface area (Å²) in [6.45, 7) is 3.19. The number of hydrogen-bond acceptors (Lipinski definition) is 3. The zero-order valence-corrected chi connectivity index (χ0v) is 16.8. The zero-order chi connectivity index (χ0) is 19.2. The number of benzene rings is 2. The summed E-state index contributed by atoms with van der Waals surface area (Å²) in [5.74, 6) is -0.0589. The number of carboxylic acid groups (broad SMARTS) is 1. The molecule has 0 bridgehead atoms. The van der Waals surface area contributed by atoms with Crippen molar-refractivity contribution < 1.29 is 14.6 Å². The number of aromatic nitrogens is 1. The predicted octanol–water partition coefficient (Wildman–Crippen LogP) is 4.50. The van der Waals surface area contributed by atoms with Gasteiger partial charge in [-0.3, -0.25) is 4.79 Å². The van der Waals surface area contributed by atoms with E-state index in [1.54, 1.807) is 0 Å². The molecule has 2 aromatic carbocycles. The number of aliphatic carboxylic acids is 1. The highest BCUT2D eigenvalue weighted by molar-refractivity contribution is 9.10. The Labute approximate surface area is 166 Å². The highest BCUT2D eigenvalue weighted by Gasteiger charge is 2.19. The fourth-order valence-corrected chi connectivity index (χ4v) is 3.53. The van der Waals surface area contributed by atoms with Gasteiger partial charge in [-0.1, -0.05) is 31.2 Å². The van der Waals surface area contributed by atoms with Crippen molar-refractivity contribution in [3.05, 3.63) is 64.3 Å². The molecule has 0 aliphatic carbocycles. The lowest BCUT2D eigenvalue weighted by Crippen LogP contribution is -2.38. The number of halogens is 1. The Morgan fingerprint density at radius 3 is 2.85 bits per heavy atom. The van der Waals surface area contributed by atoms with Crippen molar-refractivity contribution >= 4 is 32.8 Å². The number of carboxylic acids is 1. The van der Waals surface area contributed by atoms with Gasteiger partial charge < -0.3 is 20.1 Å². The summed E-state index contributed by atoms with van der Waals surface area (Å²) < 4.78 is 6.52. The summed E-state index contributed by atoms with van der Waals surface area (Å²) >= 11 is 3.52. The van der Waals surface area contributed by atoms with Crippen LogP contribution in [0.5, 0.6) is 5.75 Å². The summed E-state index contributed by atoms with van der Waals surface area (Å²) in [6.07, 6.45) is 3.25. The number of rotatable bonds is 9. The van der Waals surface area contributed by atoms with Gasteiger partial charge in [0, 0.05) is 30.1 Å². The minimum absolute atomic E-state index is 0.415. The first-order valence-corrected chi connectivity index (χ1v) is 9.80. The number of nitrogens with one attached hydrogen (secondary N) is 2. The van der Waals surface area contributed by atoms with Gasteiger partial charge in [-0.25, -0.2) is 0 Å². The van der Waals surface area contributed by atoms with Gasteiger partial charge in [0.15, 0.2) is 0 Å². The first-order valence-electron chi connectivity index (χ1n) is 9.01. The molecule has 1 atom stereocenters. The monoisotopic (exact) mass is 430 g/mol. The standard InChI is InChI=1S/C21H23BrN2O3/c1-2-9-27-20-8-7-14(10-17(20)22)12-23-19(21(25)26)11-15-13-24-18-6-4-3-5-16(15)18/h3-8,10,13,19,23-24H,2,9,11-12H2,1H3,(H,25,26). The Morgan fingerprint density at radius 1 is 1.30 bits per heavy atom. The van der Waals surface area contributed by atoms with E-state index in [2.05, 4.69) is 33.2 Å². The van der Waals surface area contributed by atoms with Crippen LogP contribution in [0.3, 0.4) is 0 Å². The van der Waals surface area contributed by atoms with E-state index in [0.29, 0.717) is 19.6 Å². The molecule has 1 heterocycles. The average molecular weight is 431 g/mol. The van der Waals surface area contributed by atoms with E-state index in [1.807, 2.05) is 48.7 Å². The number of fused-ring (bicyclic) bond motifs is 1. The van der Waals surface area contributed by atoms with Crippen LogP contribution in [0.4, 0.5) is 0 Å². The highest BCUT2D eigenvalue weighted by Crippen LogP contribution is 2.26. The third-order valence-electron chi connectivity index (χ3n) is 4.41. The molecule has 0 amide bonds. The van der Waals surface area contributed by atoms with E-state index in [-0.39, 0.29) is 0 Å². The van der Waals surface area contributed by atoms with Gasteiger partial charge in [-0.2, -0.15) is 0 Å². The van der Waals surface area contributed by atoms with E-state index in [0.717, 1.165) is 38.7 Å². The summed E-state index contributed by atoms with van der Waals surface area (Å²) in [5, 5.41) is 13.8. The maximum Gasteiger partial charge on any atom is 0.321 e. The summed E-state index contributed by atoms with van der Waals surface area (Å²) in [6, 6.07) is 13.1. The van der Waals surface area contributed by atoms with Crippen molar-refractivity contribution in [3.8, 4) is 5.75 Å². The number of carbonyl (C=O) groups is 1. The van der Waals surface area contributed by atoms with E-state index in [9.17, 15) is 9.90 Å². The first-order chi connectivity index (χ1) is 13.1. The minimum atomic E-state index is -0.859. The van der Waals surface area contributed by atoms with Gasteiger partial charge in [0.05, 0.1) is 11.1 Å². The largest absolute Gasteiger partial charge is 0.492 e. The van der Waals surface area contributed by atoms with Crippen molar-refractivity contribution in [3.63, 3.8) is 0 Å². The van der Waals surface area contributed by atoms with E-state index < -0.39 is 12.0 Å². The lowest BCUT2D eigenvalue weighted by molar-refractivity contribution is -0.139.